The second-order valence-electron chi connectivity index (χ2n) is 4.12. The van der Waals surface area contributed by atoms with Crippen LogP contribution < -0.4 is 0 Å². The van der Waals surface area contributed by atoms with Gasteiger partial charge in [0.25, 0.3) is 0 Å². The van der Waals surface area contributed by atoms with Gasteiger partial charge in [-0.15, -0.1) is 11.3 Å². The van der Waals surface area contributed by atoms with Gasteiger partial charge in [0.2, 0.25) is 11.7 Å². The lowest BCUT2D eigenvalue weighted by atomic mass is 10.1. The SMILES string of the molecule is OC(Cc1nc(-c2cccs2)no1)c1ccccc1. The van der Waals surface area contributed by atoms with Crippen LogP contribution in [0.15, 0.2) is 52.4 Å². The van der Waals surface area contributed by atoms with Crippen molar-refractivity contribution >= 4 is 11.3 Å². The summed E-state index contributed by atoms with van der Waals surface area (Å²) in [4.78, 5) is 5.25. The predicted octanol–water partition coefficient (Wildman–Crippen LogP) is 3.07. The van der Waals surface area contributed by atoms with Gasteiger partial charge in [0.1, 0.15) is 0 Å². The minimum absolute atomic E-state index is 0.322. The highest BCUT2D eigenvalue weighted by Crippen LogP contribution is 2.23. The van der Waals surface area contributed by atoms with Crippen LogP contribution in [0.3, 0.4) is 0 Å². The van der Waals surface area contributed by atoms with Crippen LogP contribution in [0.5, 0.6) is 0 Å². The molecule has 0 aliphatic carbocycles. The summed E-state index contributed by atoms with van der Waals surface area (Å²) in [7, 11) is 0. The van der Waals surface area contributed by atoms with Crippen LogP contribution in [0.2, 0.25) is 0 Å². The maximum atomic E-state index is 10.1. The fourth-order valence-corrected chi connectivity index (χ4v) is 2.45. The number of aliphatic hydroxyl groups excluding tert-OH is 1. The molecule has 3 rings (SSSR count). The van der Waals surface area contributed by atoms with Crippen LogP contribution in [0.4, 0.5) is 0 Å². The summed E-state index contributed by atoms with van der Waals surface area (Å²) in [5.74, 6) is 1.02. The van der Waals surface area contributed by atoms with Gasteiger partial charge < -0.3 is 9.63 Å². The first-order valence-corrected chi connectivity index (χ1v) is 6.80. The molecule has 0 fully saturated rings. The van der Waals surface area contributed by atoms with Crippen LogP contribution in [-0.4, -0.2) is 15.2 Å². The normalized spacial score (nSPS) is 12.5. The molecule has 1 atom stereocenters. The first kappa shape index (κ1) is 12.1. The van der Waals surface area contributed by atoms with E-state index < -0.39 is 6.10 Å². The number of aliphatic hydroxyl groups is 1. The van der Waals surface area contributed by atoms with Crippen molar-refractivity contribution in [3.63, 3.8) is 0 Å². The van der Waals surface area contributed by atoms with Crippen molar-refractivity contribution in [1.82, 2.24) is 10.1 Å². The lowest BCUT2D eigenvalue weighted by molar-refractivity contribution is 0.165. The number of aromatic nitrogens is 2. The molecular weight excluding hydrogens is 260 g/mol. The standard InChI is InChI=1S/C14H12N2O2S/c17-11(10-5-2-1-3-6-10)9-13-15-14(16-18-13)12-7-4-8-19-12/h1-8,11,17H,9H2. The molecule has 19 heavy (non-hydrogen) atoms. The molecule has 0 radical (unpaired) electrons. The summed E-state index contributed by atoms with van der Waals surface area (Å²) < 4.78 is 5.17. The lowest BCUT2D eigenvalue weighted by Crippen LogP contribution is -2.01. The van der Waals surface area contributed by atoms with Gasteiger partial charge in [-0.3, -0.25) is 0 Å². The zero-order valence-electron chi connectivity index (χ0n) is 10.1. The first-order valence-electron chi connectivity index (χ1n) is 5.92. The molecule has 1 aromatic carbocycles. The molecule has 4 nitrogen and oxygen atoms in total. The van der Waals surface area contributed by atoms with Crippen LogP contribution in [0, 0.1) is 0 Å². The van der Waals surface area contributed by atoms with Crippen LogP contribution in [0.25, 0.3) is 10.7 Å². The van der Waals surface area contributed by atoms with E-state index in [2.05, 4.69) is 10.1 Å². The Morgan fingerprint density at radius 2 is 2.00 bits per heavy atom. The highest BCUT2D eigenvalue weighted by atomic mass is 32.1. The zero-order valence-corrected chi connectivity index (χ0v) is 10.9. The number of rotatable bonds is 4. The summed E-state index contributed by atoms with van der Waals surface area (Å²) in [6.07, 6.45) is -0.305. The Morgan fingerprint density at radius 1 is 1.16 bits per heavy atom. The smallest absolute Gasteiger partial charge is 0.229 e. The average Bonchev–Trinajstić information content (AvgIpc) is 3.10. The minimum atomic E-state index is -0.627. The van der Waals surface area contributed by atoms with Gasteiger partial charge in [-0.1, -0.05) is 41.6 Å². The Kier molecular flexibility index (Phi) is 3.39. The molecule has 0 aliphatic heterocycles. The maximum Gasteiger partial charge on any atom is 0.229 e. The Balaban J connectivity index is 1.74. The molecule has 1 unspecified atom stereocenters. The Bertz CT molecular complexity index is 635. The number of hydrogen-bond donors (Lipinski definition) is 1. The second kappa shape index (κ2) is 5.34. The summed E-state index contributed by atoms with van der Waals surface area (Å²) in [6, 6.07) is 13.3. The number of nitrogens with zero attached hydrogens (tertiary/aromatic N) is 2. The van der Waals surface area contributed by atoms with E-state index in [1.807, 2.05) is 47.8 Å². The van der Waals surface area contributed by atoms with E-state index in [1.54, 1.807) is 11.3 Å². The van der Waals surface area contributed by atoms with Crippen LogP contribution >= 0.6 is 11.3 Å². The number of hydrogen-bond acceptors (Lipinski definition) is 5. The van der Waals surface area contributed by atoms with Crippen LogP contribution in [0.1, 0.15) is 17.6 Å². The monoisotopic (exact) mass is 272 g/mol. The van der Waals surface area contributed by atoms with Crippen molar-refractivity contribution in [2.75, 3.05) is 0 Å². The minimum Gasteiger partial charge on any atom is -0.388 e. The molecule has 0 bridgehead atoms. The van der Waals surface area contributed by atoms with Gasteiger partial charge in [-0.2, -0.15) is 4.98 Å². The molecule has 5 heteroatoms. The molecule has 0 saturated carbocycles. The molecule has 1 N–H and O–H groups in total. The van der Waals surface area contributed by atoms with E-state index in [4.69, 9.17) is 4.52 Å². The molecule has 96 valence electrons. The third-order valence-corrected chi connectivity index (χ3v) is 3.63. The van der Waals surface area contributed by atoms with E-state index in [0.717, 1.165) is 10.4 Å². The van der Waals surface area contributed by atoms with E-state index >= 15 is 0 Å². The predicted molar refractivity (Wildman–Crippen MR) is 72.7 cm³/mol. The Morgan fingerprint density at radius 3 is 2.74 bits per heavy atom. The second-order valence-corrected chi connectivity index (χ2v) is 5.07. The molecule has 2 heterocycles. The van der Waals surface area contributed by atoms with Crippen LogP contribution in [-0.2, 0) is 6.42 Å². The zero-order chi connectivity index (χ0) is 13.1. The largest absolute Gasteiger partial charge is 0.388 e. The van der Waals surface area contributed by atoms with Crippen molar-refractivity contribution in [3.05, 3.63) is 59.3 Å². The summed E-state index contributed by atoms with van der Waals surface area (Å²) in [5.41, 5.74) is 0.846. The summed E-state index contributed by atoms with van der Waals surface area (Å²) >= 11 is 1.56. The highest BCUT2D eigenvalue weighted by Gasteiger charge is 2.14. The number of benzene rings is 1. The van der Waals surface area contributed by atoms with E-state index in [9.17, 15) is 5.11 Å². The van der Waals surface area contributed by atoms with Gasteiger partial charge in [-0.25, -0.2) is 0 Å². The highest BCUT2D eigenvalue weighted by molar-refractivity contribution is 7.13. The fraction of sp³-hybridized carbons (Fsp3) is 0.143. The van der Waals surface area contributed by atoms with Gasteiger partial charge >= 0.3 is 0 Å². The lowest BCUT2D eigenvalue weighted by Gasteiger charge is -2.07. The Hall–Kier alpha value is -1.98. The quantitative estimate of drug-likeness (QED) is 0.793. The van der Waals surface area contributed by atoms with E-state index in [-0.39, 0.29) is 0 Å². The first-order chi connectivity index (χ1) is 9.33. The van der Waals surface area contributed by atoms with Gasteiger partial charge in [0, 0.05) is 0 Å². The van der Waals surface area contributed by atoms with Crippen molar-refractivity contribution in [2.45, 2.75) is 12.5 Å². The average molecular weight is 272 g/mol. The third-order valence-electron chi connectivity index (χ3n) is 2.76. The molecule has 0 amide bonds. The third kappa shape index (κ3) is 2.72. The Labute approximate surface area is 114 Å². The molecule has 0 spiro atoms. The van der Waals surface area contributed by atoms with Crippen molar-refractivity contribution in [2.24, 2.45) is 0 Å². The van der Waals surface area contributed by atoms with Crippen molar-refractivity contribution in [3.8, 4) is 10.7 Å². The van der Waals surface area contributed by atoms with Gasteiger partial charge in [-0.05, 0) is 17.0 Å². The summed E-state index contributed by atoms with van der Waals surface area (Å²) in [6.45, 7) is 0. The fourth-order valence-electron chi connectivity index (χ4n) is 1.80. The van der Waals surface area contributed by atoms with E-state index in [1.165, 1.54) is 0 Å². The van der Waals surface area contributed by atoms with Gasteiger partial charge in [0.05, 0.1) is 17.4 Å². The molecule has 0 aliphatic rings. The van der Waals surface area contributed by atoms with E-state index in [0.29, 0.717) is 18.1 Å². The molecule has 0 saturated heterocycles. The molecule has 2 aromatic heterocycles. The topological polar surface area (TPSA) is 59.2 Å². The maximum absolute atomic E-state index is 10.1. The summed E-state index contributed by atoms with van der Waals surface area (Å²) in [5, 5.41) is 16.0. The van der Waals surface area contributed by atoms with Gasteiger partial charge in [0.15, 0.2) is 0 Å². The molecule has 3 aromatic rings. The van der Waals surface area contributed by atoms with Crippen molar-refractivity contribution < 1.29 is 9.63 Å². The number of thiophene rings is 1. The van der Waals surface area contributed by atoms with Crippen molar-refractivity contribution in [1.29, 1.82) is 0 Å². The molecular formula is C14H12N2O2S.